The zero-order valence-corrected chi connectivity index (χ0v) is 11.0. The standard InChI is InChI=1S/C13H17ClO3/c1-9(2)16-8-13(15)10(3)17-12-6-4-5-11(14)7-12/h4-7,9-10H,8H2,1-3H3. The van der Waals surface area contributed by atoms with Gasteiger partial charge in [0.1, 0.15) is 12.4 Å². The van der Waals surface area contributed by atoms with Crippen molar-refractivity contribution in [1.82, 2.24) is 0 Å². The normalized spacial score (nSPS) is 12.5. The van der Waals surface area contributed by atoms with E-state index in [1.807, 2.05) is 13.8 Å². The Morgan fingerprint density at radius 1 is 1.35 bits per heavy atom. The molecule has 17 heavy (non-hydrogen) atoms. The average molecular weight is 257 g/mol. The lowest BCUT2D eigenvalue weighted by molar-refractivity contribution is -0.131. The van der Waals surface area contributed by atoms with E-state index in [1.54, 1.807) is 31.2 Å². The van der Waals surface area contributed by atoms with Crippen molar-refractivity contribution in [2.75, 3.05) is 6.61 Å². The maximum absolute atomic E-state index is 11.7. The van der Waals surface area contributed by atoms with Gasteiger partial charge in [0, 0.05) is 5.02 Å². The quantitative estimate of drug-likeness (QED) is 0.785. The Balaban J connectivity index is 2.48. The van der Waals surface area contributed by atoms with Crippen LogP contribution in [-0.2, 0) is 9.53 Å². The smallest absolute Gasteiger partial charge is 0.198 e. The Hall–Kier alpha value is -1.06. The van der Waals surface area contributed by atoms with Gasteiger partial charge in [-0.25, -0.2) is 0 Å². The average Bonchev–Trinajstić information content (AvgIpc) is 2.25. The van der Waals surface area contributed by atoms with Gasteiger partial charge in [0.25, 0.3) is 0 Å². The minimum absolute atomic E-state index is 0.0392. The fraction of sp³-hybridized carbons (Fsp3) is 0.462. The van der Waals surface area contributed by atoms with Crippen LogP contribution in [-0.4, -0.2) is 24.6 Å². The summed E-state index contributed by atoms with van der Waals surface area (Å²) in [5.74, 6) is 0.501. The van der Waals surface area contributed by atoms with Crippen LogP contribution in [0.5, 0.6) is 5.75 Å². The van der Waals surface area contributed by atoms with Gasteiger partial charge in [0.05, 0.1) is 6.10 Å². The molecule has 4 heteroatoms. The molecule has 0 bridgehead atoms. The summed E-state index contributed by atoms with van der Waals surface area (Å²) in [6, 6.07) is 6.97. The first-order valence-electron chi connectivity index (χ1n) is 5.55. The van der Waals surface area contributed by atoms with Crippen LogP contribution in [0.1, 0.15) is 20.8 Å². The molecule has 1 unspecified atom stereocenters. The molecule has 0 heterocycles. The number of carbonyl (C=O) groups is 1. The lowest BCUT2D eigenvalue weighted by Crippen LogP contribution is -2.28. The molecular weight excluding hydrogens is 240 g/mol. The molecule has 0 fully saturated rings. The van der Waals surface area contributed by atoms with Crippen molar-refractivity contribution in [3.8, 4) is 5.75 Å². The number of Topliss-reactive ketones (excluding diaryl/α,β-unsaturated/α-hetero) is 1. The summed E-state index contributed by atoms with van der Waals surface area (Å²) in [7, 11) is 0. The largest absolute Gasteiger partial charge is 0.483 e. The van der Waals surface area contributed by atoms with Gasteiger partial charge in [-0.05, 0) is 39.0 Å². The SMILES string of the molecule is CC(C)OCC(=O)C(C)Oc1cccc(Cl)c1. The molecule has 0 saturated carbocycles. The Morgan fingerprint density at radius 3 is 2.65 bits per heavy atom. The highest BCUT2D eigenvalue weighted by Crippen LogP contribution is 2.18. The van der Waals surface area contributed by atoms with Gasteiger partial charge in [-0.15, -0.1) is 0 Å². The zero-order chi connectivity index (χ0) is 12.8. The van der Waals surface area contributed by atoms with Crippen LogP contribution in [0.3, 0.4) is 0 Å². The van der Waals surface area contributed by atoms with Crippen LogP contribution in [0.15, 0.2) is 24.3 Å². The van der Waals surface area contributed by atoms with Gasteiger partial charge >= 0.3 is 0 Å². The van der Waals surface area contributed by atoms with E-state index in [2.05, 4.69) is 0 Å². The van der Waals surface area contributed by atoms with E-state index in [-0.39, 0.29) is 18.5 Å². The van der Waals surface area contributed by atoms with Gasteiger partial charge in [0.15, 0.2) is 11.9 Å². The molecule has 1 atom stereocenters. The van der Waals surface area contributed by atoms with Crippen LogP contribution in [0.4, 0.5) is 0 Å². The second-order valence-electron chi connectivity index (χ2n) is 4.04. The lowest BCUT2D eigenvalue weighted by Gasteiger charge is -2.14. The fourth-order valence-corrected chi connectivity index (χ4v) is 1.36. The van der Waals surface area contributed by atoms with Gasteiger partial charge in [0.2, 0.25) is 0 Å². The van der Waals surface area contributed by atoms with Crippen molar-refractivity contribution < 1.29 is 14.3 Å². The number of rotatable bonds is 6. The van der Waals surface area contributed by atoms with Crippen molar-refractivity contribution >= 4 is 17.4 Å². The Bertz CT molecular complexity index is 377. The lowest BCUT2D eigenvalue weighted by atomic mass is 10.2. The van der Waals surface area contributed by atoms with E-state index < -0.39 is 6.10 Å². The molecule has 0 aliphatic rings. The fourth-order valence-electron chi connectivity index (χ4n) is 1.18. The first kappa shape index (κ1) is 14.0. The molecule has 1 aromatic carbocycles. The predicted octanol–water partition coefficient (Wildman–Crippen LogP) is 3.10. The molecule has 0 aromatic heterocycles. The number of carbonyl (C=O) groups excluding carboxylic acids is 1. The Labute approximate surface area is 107 Å². The molecule has 0 N–H and O–H groups in total. The Kier molecular flexibility index (Phi) is 5.45. The summed E-state index contributed by atoms with van der Waals surface area (Å²) in [5, 5.41) is 0.584. The molecule has 94 valence electrons. The highest BCUT2D eigenvalue weighted by Gasteiger charge is 2.15. The first-order valence-corrected chi connectivity index (χ1v) is 5.93. The van der Waals surface area contributed by atoms with E-state index in [1.165, 1.54) is 0 Å². The number of hydrogen-bond acceptors (Lipinski definition) is 3. The molecule has 0 spiro atoms. The van der Waals surface area contributed by atoms with Crippen molar-refractivity contribution in [1.29, 1.82) is 0 Å². The molecule has 0 radical (unpaired) electrons. The topological polar surface area (TPSA) is 35.5 Å². The molecule has 0 saturated heterocycles. The number of benzene rings is 1. The highest BCUT2D eigenvalue weighted by atomic mass is 35.5. The van der Waals surface area contributed by atoms with Crippen molar-refractivity contribution in [3.63, 3.8) is 0 Å². The zero-order valence-electron chi connectivity index (χ0n) is 10.3. The van der Waals surface area contributed by atoms with Crippen molar-refractivity contribution in [3.05, 3.63) is 29.3 Å². The molecule has 0 aliphatic heterocycles. The molecular formula is C13H17ClO3. The van der Waals surface area contributed by atoms with Crippen LogP contribution in [0.25, 0.3) is 0 Å². The third-order valence-electron chi connectivity index (χ3n) is 2.12. The minimum Gasteiger partial charge on any atom is -0.483 e. The molecule has 0 aliphatic carbocycles. The maximum atomic E-state index is 11.7. The van der Waals surface area contributed by atoms with Gasteiger partial charge in [-0.2, -0.15) is 0 Å². The first-order chi connectivity index (χ1) is 7.99. The third-order valence-corrected chi connectivity index (χ3v) is 2.36. The molecule has 0 amide bonds. The van der Waals surface area contributed by atoms with Crippen molar-refractivity contribution in [2.24, 2.45) is 0 Å². The van der Waals surface area contributed by atoms with E-state index in [0.717, 1.165) is 0 Å². The van der Waals surface area contributed by atoms with Gasteiger partial charge < -0.3 is 9.47 Å². The summed E-state index contributed by atoms with van der Waals surface area (Å²) < 4.78 is 10.7. The highest BCUT2D eigenvalue weighted by molar-refractivity contribution is 6.30. The van der Waals surface area contributed by atoms with E-state index in [9.17, 15) is 4.79 Å². The summed E-state index contributed by atoms with van der Waals surface area (Å²) in [5.41, 5.74) is 0. The Morgan fingerprint density at radius 2 is 2.06 bits per heavy atom. The maximum Gasteiger partial charge on any atom is 0.198 e. The molecule has 1 rings (SSSR count). The number of ether oxygens (including phenoxy) is 2. The van der Waals surface area contributed by atoms with Crippen LogP contribution in [0.2, 0.25) is 5.02 Å². The summed E-state index contributed by atoms with van der Waals surface area (Å²) in [4.78, 5) is 11.7. The van der Waals surface area contributed by atoms with Crippen molar-refractivity contribution in [2.45, 2.75) is 33.0 Å². The third kappa shape index (κ3) is 5.20. The van der Waals surface area contributed by atoms with Gasteiger partial charge in [-0.1, -0.05) is 17.7 Å². The van der Waals surface area contributed by atoms with E-state index in [0.29, 0.717) is 10.8 Å². The van der Waals surface area contributed by atoms with E-state index >= 15 is 0 Å². The second-order valence-corrected chi connectivity index (χ2v) is 4.48. The second kappa shape index (κ2) is 6.62. The number of ketones is 1. The van der Waals surface area contributed by atoms with Crippen LogP contribution < -0.4 is 4.74 Å². The molecule has 1 aromatic rings. The monoisotopic (exact) mass is 256 g/mol. The summed E-state index contributed by atoms with van der Waals surface area (Å²) >= 11 is 5.82. The predicted molar refractivity (Wildman–Crippen MR) is 67.6 cm³/mol. The summed E-state index contributed by atoms with van der Waals surface area (Å²) in [6.45, 7) is 5.54. The van der Waals surface area contributed by atoms with Gasteiger partial charge in [-0.3, -0.25) is 4.79 Å². The van der Waals surface area contributed by atoms with Crippen LogP contribution >= 0.6 is 11.6 Å². The molecule has 3 nitrogen and oxygen atoms in total. The number of hydrogen-bond donors (Lipinski definition) is 0. The summed E-state index contributed by atoms with van der Waals surface area (Å²) in [6.07, 6.45) is -0.496. The van der Waals surface area contributed by atoms with E-state index in [4.69, 9.17) is 21.1 Å². The number of halogens is 1. The van der Waals surface area contributed by atoms with Crippen LogP contribution in [0, 0.1) is 0 Å². The minimum atomic E-state index is -0.535.